The van der Waals surface area contributed by atoms with Crippen LogP contribution in [0.2, 0.25) is 0 Å². The van der Waals surface area contributed by atoms with E-state index in [0.717, 1.165) is 77.0 Å². The maximum atomic E-state index is 12.5. The minimum absolute atomic E-state index is 0.0515. The summed E-state index contributed by atoms with van der Waals surface area (Å²) in [7, 11) is -4.37. The van der Waals surface area contributed by atoms with E-state index in [1.807, 2.05) is 0 Å². The van der Waals surface area contributed by atoms with Crippen molar-refractivity contribution < 1.29 is 37.6 Å². The van der Waals surface area contributed by atoms with E-state index in [0.29, 0.717) is 6.42 Å². The van der Waals surface area contributed by atoms with Crippen molar-refractivity contribution in [3.8, 4) is 0 Å². The highest BCUT2D eigenvalue weighted by atomic mass is 31.2. The third kappa shape index (κ3) is 32.4. The zero-order valence-corrected chi connectivity index (χ0v) is 30.2. The molecule has 0 spiro atoms. The SMILES string of the molecule is CCCC/C=C/CCCCCCCC(=O)OC[C@H](COP(=O)(O)OCCN)OC(=O)CCCCCCC/C=C/CCCCCCC. The van der Waals surface area contributed by atoms with Crippen LogP contribution in [0.15, 0.2) is 24.3 Å². The minimum atomic E-state index is -4.37. The summed E-state index contributed by atoms with van der Waals surface area (Å²) in [5.74, 6) is -0.851. The summed E-state index contributed by atoms with van der Waals surface area (Å²) in [6, 6.07) is 0. The number of esters is 2. The molecule has 2 atom stereocenters. The van der Waals surface area contributed by atoms with Crippen LogP contribution in [-0.4, -0.2) is 49.3 Å². The maximum absolute atomic E-state index is 12.5. The Bertz CT molecular complexity index is 820. The molecule has 46 heavy (non-hydrogen) atoms. The molecule has 0 fully saturated rings. The highest BCUT2D eigenvalue weighted by molar-refractivity contribution is 7.47. The van der Waals surface area contributed by atoms with Gasteiger partial charge >= 0.3 is 19.8 Å². The van der Waals surface area contributed by atoms with Gasteiger partial charge in [0.15, 0.2) is 6.10 Å². The van der Waals surface area contributed by atoms with Gasteiger partial charge in [-0.2, -0.15) is 0 Å². The van der Waals surface area contributed by atoms with Crippen LogP contribution in [-0.2, 0) is 32.7 Å². The smallest absolute Gasteiger partial charge is 0.462 e. The standard InChI is InChI=1S/C36H68NO8P/c1-3-5-7-9-11-13-15-16-17-19-21-23-25-27-29-36(39)45-34(33-44-46(40,41)43-31-30-37)32-42-35(38)28-26-24-22-20-18-14-12-10-8-6-4-2/h10,12,15-16,34H,3-9,11,13-14,17-33,37H2,1-2H3,(H,40,41)/b12-10+,16-15+/t34-/m1/s1. The molecule has 270 valence electrons. The van der Waals surface area contributed by atoms with Gasteiger partial charge in [-0.3, -0.25) is 18.6 Å². The summed E-state index contributed by atoms with van der Waals surface area (Å²) in [4.78, 5) is 34.6. The number of unbranched alkanes of at least 4 members (excludes halogenated alkanes) is 17. The van der Waals surface area contributed by atoms with Gasteiger partial charge in [0.05, 0.1) is 13.2 Å². The van der Waals surface area contributed by atoms with Crippen LogP contribution in [0.5, 0.6) is 0 Å². The first-order chi connectivity index (χ1) is 22.3. The largest absolute Gasteiger partial charge is 0.472 e. The lowest BCUT2D eigenvalue weighted by atomic mass is 10.1. The summed E-state index contributed by atoms with van der Waals surface area (Å²) >= 11 is 0. The Morgan fingerprint density at radius 1 is 0.630 bits per heavy atom. The topological polar surface area (TPSA) is 134 Å². The molecule has 0 saturated heterocycles. The molecule has 0 aromatic heterocycles. The number of nitrogens with two attached hydrogens (primary N) is 1. The maximum Gasteiger partial charge on any atom is 0.472 e. The van der Waals surface area contributed by atoms with Crippen LogP contribution in [0.3, 0.4) is 0 Å². The first-order valence-corrected chi connectivity index (χ1v) is 19.8. The van der Waals surface area contributed by atoms with Gasteiger partial charge in [0.25, 0.3) is 0 Å². The number of phosphoric acid groups is 1. The van der Waals surface area contributed by atoms with Crippen molar-refractivity contribution in [1.82, 2.24) is 0 Å². The minimum Gasteiger partial charge on any atom is -0.462 e. The number of ether oxygens (including phenoxy) is 2. The molecule has 0 saturated carbocycles. The third-order valence-corrected chi connectivity index (χ3v) is 8.54. The van der Waals surface area contributed by atoms with Crippen molar-refractivity contribution in [3.05, 3.63) is 24.3 Å². The monoisotopic (exact) mass is 673 g/mol. The molecule has 0 bridgehead atoms. The number of carbonyl (C=O) groups is 2. The van der Waals surface area contributed by atoms with Crippen molar-refractivity contribution in [2.45, 2.75) is 168 Å². The van der Waals surface area contributed by atoms with Crippen LogP contribution in [0, 0.1) is 0 Å². The van der Waals surface area contributed by atoms with Gasteiger partial charge in [-0.25, -0.2) is 4.57 Å². The predicted molar refractivity (Wildman–Crippen MR) is 187 cm³/mol. The van der Waals surface area contributed by atoms with Crippen molar-refractivity contribution in [2.24, 2.45) is 5.73 Å². The van der Waals surface area contributed by atoms with Crippen LogP contribution in [0.25, 0.3) is 0 Å². The van der Waals surface area contributed by atoms with Gasteiger partial charge in [-0.1, -0.05) is 115 Å². The molecule has 1 unspecified atom stereocenters. The van der Waals surface area contributed by atoms with E-state index in [1.165, 1.54) is 51.4 Å². The van der Waals surface area contributed by atoms with Crippen molar-refractivity contribution in [1.29, 1.82) is 0 Å². The van der Waals surface area contributed by atoms with E-state index in [1.54, 1.807) is 0 Å². The molecule has 10 heteroatoms. The zero-order chi connectivity index (χ0) is 34.0. The van der Waals surface area contributed by atoms with Gasteiger partial charge < -0.3 is 20.1 Å². The Kier molecular flexibility index (Phi) is 32.3. The first-order valence-electron chi connectivity index (χ1n) is 18.3. The lowest BCUT2D eigenvalue weighted by molar-refractivity contribution is -0.161. The molecular weight excluding hydrogens is 605 g/mol. The number of carbonyl (C=O) groups excluding carboxylic acids is 2. The van der Waals surface area contributed by atoms with Gasteiger partial charge in [-0.15, -0.1) is 0 Å². The lowest BCUT2D eigenvalue weighted by Gasteiger charge is -2.19. The zero-order valence-electron chi connectivity index (χ0n) is 29.3. The molecule has 0 aromatic rings. The van der Waals surface area contributed by atoms with E-state index in [9.17, 15) is 19.0 Å². The average Bonchev–Trinajstić information content (AvgIpc) is 3.04. The van der Waals surface area contributed by atoms with Crippen molar-refractivity contribution in [3.63, 3.8) is 0 Å². The van der Waals surface area contributed by atoms with E-state index in [-0.39, 0.29) is 32.6 Å². The summed E-state index contributed by atoms with van der Waals surface area (Å²) < 4.78 is 32.6. The molecular formula is C36H68NO8P. The van der Waals surface area contributed by atoms with Crippen LogP contribution in [0.4, 0.5) is 0 Å². The Labute approximate surface area is 281 Å². The first kappa shape index (κ1) is 44.5. The second kappa shape index (κ2) is 33.4. The van der Waals surface area contributed by atoms with Gasteiger partial charge in [0.1, 0.15) is 6.61 Å². The highest BCUT2D eigenvalue weighted by Gasteiger charge is 2.25. The summed E-state index contributed by atoms with van der Waals surface area (Å²) in [6.45, 7) is 3.64. The number of rotatable bonds is 34. The predicted octanol–water partition coefficient (Wildman–Crippen LogP) is 9.66. The number of hydrogen-bond acceptors (Lipinski definition) is 8. The van der Waals surface area contributed by atoms with Crippen LogP contribution < -0.4 is 5.73 Å². The van der Waals surface area contributed by atoms with Gasteiger partial charge in [-0.05, 0) is 57.8 Å². The Morgan fingerprint density at radius 2 is 1.09 bits per heavy atom. The van der Waals surface area contributed by atoms with E-state index in [2.05, 4.69) is 38.2 Å². The molecule has 0 rings (SSSR count). The van der Waals surface area contributed by atoms with Crippen molar-refractivity contribution in [2.75, 3.05) is 26.4 Å². The Hall–Kier alpha value is -1.51. The molecule has 9 nitrogen and oxygen atoms in total. The molecule has 3 N–H and O–H groups in total. The molecule has 0 aliphatic heterocycles. The van der Waals surface area contributed by atoms with E-state index >= 15 is 0 Å². The van der Waals surface area contributed by atoms with Crippen LogP contribution in [0.1, 0.15) is 162 Å². The van der Waals surface area contributed by atoms with Gasteiger partial charge in [0, 0.05) is 19.4 Å². The third-order valence-electron chi connectivity index (χ3n) is 7.56. The fraction of sp³-hybridized carbons (Fsp3) is 0.833. The molecule has 0 aromatic carbocycles. The number of allylic oxidation sites excluding steroid dienone is 4. The summed E-state index contributed by atoms with van der Waals surface area (Å²) in [6.07, 6.45) is 32.1. The fourth-order valence-electron chi connectivity index (χ4n) is 4.78. The molecule has 0 radical (unpaired) electrons. The van der Waals surface area contributed by atoms with Crippen molar-refractivity contribution >= 4 is 19.8 Å². The Balaban J connectivity index is 4.27. The molecule has 0 heterocycles. The molecule has 0 aliphatic rings. The second-order valence-corrected chi connectivity index (χ2v) is 13.5. The Morgan fingerprint density at radius 3 is 1.61 bits per heavy atom. The molecule has 0 amide bonds. The number of phosphoric ester groups is 1. The lowest BCUT2D eigenvalue weighted by Crippen LogP contribution is -2.29. The summed E-state index contributed by atoms with van der Waals surface area (Å²) in [5, 5.41) is 0. The number of hydrogen-bond donors (Lipinski definition) is 2. The second-order valence-electron chi connectivity index (χ2n) is 12.1. The fourth-order valence-corrected chi connectivity index (χ4v) is 5.55. The van der Waals surface area contributed by atoms with Gasteiger partial charge in [0.2, 0.25) is 0 Å². The quantitative estimate of drug-likeness (QED) is 0.0296. The normalized spacial score (nSPS) is 13.7. The van der Waals surface area contributed by atoms with E-state index in [4.69, 9.17) is 24.3 Å². The average molecular weight is 674 g/mol. The van der Waals surface area contributed by atoms with Crippen LogP contribution >= 0.6 is 7.82 Å². The summed E-state index contributed by atoms with van der Waals surface area (Å²) in [5.41, 5.74) is 5.32. The van der Waals surface area contributed by atoms with E-state index < -0.39 is 32.5 Å². The highest BCUT2D eigenvalue weighted by Crippen LogP contribution is 2.43. The molecule has 0 aliphatic carbocycles.